The summed E-state index contributed by atoms with van der Waals surface area (Å²) in [5.41, 5.74) is 0. The summed E-state index contributed by atoms with van der Waals surface area (Å²) in [7, 11) is 0. The number of rotatable bonds is 4. The summed E-state index contributed by atoms with van der Waals surface area (Å²) in [6, 6.07) is 0.859. The van der Waals surface area contributed by atoms with E-state index >= 15 is 0 Å². The molecule has 0 aromatic heterocycles. The number of carbonyl (C=O) groups excluding carboxylic acids is 1. The highest BCUT2D eigenvalue weighted by atomic mass is 16.2. The van der Waals surface area contributed by atoms with Gasteiger partial charge in [0.05, 0.1) is 6.54 Å². The molecule has 2 unspecified atom stereocenters. The third kappa shape index (κ3) is 2.97. The average Bonchev–Trinajstić information content (AvgIpc) is 3.01. The molecule has 0 aromatic carbocycles. The normalized spacial score (nSPS) is 30.5. The SMILES string of the molecule is CC1CCCC(C)N1C(=O)CNCC1CC1. The minimum Gasteiger partial charge on any atom is -0.336 e. The van der Waals surface area contributed by atoms with Gasteiger partial charge in [-0.25, -0.2) is 0 Å². The number of likely N-dealkylation sites (tertiary alicyclic amines) is 1. The van der Waals surface area contributed by atoms with Gasteiger partial charge in [-0.3, -0.25) is 4.79 Å². The predicted molar refractivity (Wildman–Crippen MR) is 65.2 cm³/mol. The molecular weight excluding hydrogens is 200 g/mol. The summed E-state index contributed by atoms with van der Waals surface area (Å²) in [5.74, 6) is 1.14. The second-order valence-electron chi connectivity index (χ2n) is 5.50. The largest absolute Gasteiger partial charge is 0.336 e. The smallest absolute Gasteiger partial charge is 0.237 e. The van der Waals surface area contributed by atoms with Gasteiger partial charge in [-0.15, -0.1) is 0 Å². The van der Waals surface area contributed by atoms with Gasteiger partial charge in [0.2, 0.25) is 5.91 Å². The van der Waals surface area contributed by atoms with Crippen LogP contribution in [0.3, 0.4) is 0 Å². The zero-order chi connectivity index (χ0) is 11.5. The first-order valence-electron chi connectivity index (χ1n) is 6.70. The number of nitrogens with one attached hydrogen (secondary N) is 1. The fourth-order valence-electron chi connectivity index (χ4n) is 2.71. The van der Waals surface area contributed by atoms with E-state index in [4.69, 9.17) is 0 Å². The number of carbonyl (C=O) groups is 1. The van der Waals surface area contributed by atoms with E-state index in [1.54, 1.807) is 0 Å². The zero-order valence-corrected chi connectivity index (χ0v) is 10.5. The summed E-state index contributed by atoms with van der Waals surface area (Å²) in [5, 5.41) is 3.29. The number of hydrogen-bond donors (Lipinski definition) is 1. The molecule has 1 saturated carbocycles. The van der Waals surface area contributed by atoms with Gasteiger partial charge in [0.25, 0.3) is 0 Å². The van der Waals surface area contributed by atoms with E-state index < -0.39 is 0 Å². The van der Waals surface area contributed by atoms with Crippen molar-refractivity contribution in [2.75, 3.05) is 13.1 Å². The standard InChI is InChI=1S/C13H24N2O/c1-10-4-3-5-11(2)15(10)13(16)9-14-8-12-6-7-12/h10-12,14H,3-9H2,1-2H3. The van der Waals surface area contributed by atoms with Crippen molar-refractivity contribution in [3.8, 4) is 0 Å². The highest BCUT2D eigenvalue weighted by Crippen LogP contribution is 2.27. The lowest BCUT2D eigenvalue weighted by atomic mass is 9.97. The molecule has 1 aliphatic carbocycles. The quantitative estimate of drug-likeness (QED) is 0.789. The van der Waals surface area contributed by atoms with Gasteiger partial charge < -0.3 is 10.2 Å². The van der Waals surface area contributed by atoms with Crippen LogP contribution in [0.15, 0.2) is 0 Å². The third-order valence-corrected chi connectivity index (χ3v) is 3.89. The molecule has 1 aliphatic heterocycles. The maximum Gasteiger partial charge on any atom is 0.237 e. The molecule has 2 aliphatic rings. The Balaban J connectivity index is 1.76. The molecule has 0 bridgehead atoms. The summed E-state index contributed by atoms with van der Waals surface area (Å²) in [6.07, 6.45) is 6.29. The molecule has 1 amide bonds. The van der Waals surface area contributed by atoms with Crippen LogP contribution in [0.1, 0.15) is 46.0 Å². The van der Waals surface area contributed by atoms with Crippen molar-refractivity contribution in [2.45, 2.75) is 58.0 Å². The lowest BCUT2D eigenvalue weighted by Crippen LogP contribution is -2.50. The fourth-order valence-corrected chi connectivity index (χ4v) is 2.71. The van der Waals surface area contributed by atoms with Crippen LogP contribution in [0.2, 0.25) is 0 Å². The van der Waals surface area contributed by atoms with Crippen molar-refractivity contribution >= 4 is 5.91 Å². The van der Waals surface area contributed by atoms with Crippen molar-refractivity contribution in [1.29, 1.82) is 0 Å². The average molecular weight is 224 g/mol. The summed E-state index contributed by atoms with van der Waals surface area (Å²) in [4.78, 5) is 14.2. The Labute approximate surface area is 98.6 Å². The van der Waals surface area contributed by atoms with Gasteiger partial charge in [0.15, 0.2) is 0 Å². The number of piperidine rings is 1. The maximum absolute atomic E-state index is 12.1. The molecule has 1 saturated heterocycles. The van der Waals surface area contributed by atoms with E-state index in [0.29, 0.717) is 24.5 Å². The van der Waals surface area contributed by atoms with Crippen LogP contribution in [-0.2, 0) is 4.79 Å². The van der Waals surface area contributed by atoms with Crippen LogP contribution in [0, 0.1) is 5.92 Å². The molecular formula is C13H24N2O. The molecule has 2 rings (SSSR count). The van der Waals surface area contributed by atoms with E-state index in [-0.39, 0.29) is 0 Å². The molecule has 0 radical (unpaired) electrons. The predicted octanol–water partition coefficient (Wildman–Crippen LogP) is 1.78. The molecule has 2 fully saturated rings. The first-order chi connectivity index (χ1) is 7.68. The van der Waals surface area contributed by atoms with Crippen LogP contribution in [0.25, 0.3) is 0 Å². The minimum absolute atomic E-state index is 0.292. The number of amides is 1. The lowest BCUT2D eigenvalue weighted by Gasteiger charge is -2.39. The van der Waals surface area contributed by atoms with Crippen molar-refractivity contribution in [2.24, 2.45) is 5.92 Å². The van der Waals surface area contributed by atoms with E-state index in [2.05, 4.69) is 24.1 Å². The summed E-state index contributed by atoms with van der Waals surface area (Å²) in [6.45, 7) is 5.91. The van der Waals surface area contributed by atoms with Crippen molar-refractivity contribution in [1.82, 2.24) is 10.2 Å². The summed E-state index contributed by atoms with van der Waals surface area (Å²) < 4.78 is 0. The van der Waals surface area contributed by atoms with Crippen LogP contribution in [-0.4, -0.2) is 36.0 Å². The molecule has 0 spiro atoms. The molecule has 2 atom stereocenters. The molecule has 3 nitrogen and oxygen atoms in total. The topological polar surface area (TPSA) is 32.3 Å². The van der Waals surface area contributed by atoms with Crippen LogP contribution < -0.4 is 5.32 Å². The first kappa shape index (κ1) is 11.9. The fraction of sp³-hybridized carbons (Fsp3) is 0.923. The van der Waals surface area contributed by atoms with E-state index in [0.717, 1.165) is 12.5 Å². The highest BCUT2D eigenvalue weighted by molar-refractivity contribution is 5.79. The Morgan fingerprint density at radius 3 is 2.38 bits per heavy atom. The second-order valence-corrected chi connectivity index (χ2v) is 5.50. The Morgan fingerprint density at radius 1 is 1.19 bits per heavy atom. The lowest BCUT2D eigenvalue weighted by molar-refractivity contribution is -0.136. The van der Waals surface area contributed by atoms with Gasteiger partial charge in [0, 0.05) is 12.1 Å². The summed E-state index contributed by atoms with van der Waals surface area (Å²) >= 11 is 0. The van der Waals surface area contributed by atoms with Crippen LogP contribution >= 0.6 is 0 Å². The van der Waals surface area contributed by atoms with Gasteiger partial charge in [-0.2, -0.15) is 0 Å². The molecule has 92 valence electrons. The van der Waals surface area contributed by atoms with Gasteiger partial charge in [0.1, 0.15) is 0 Å². The van der Waals surface area contributed by atoms with Crippen LogP contribution in [0.5, 0.6) is 0 Å². The third-order valence-electron chi connectivity index (χ3n) is 3.89. The molecule has 1 heterocycles. The number of hydrogen-bond acceptors (Lipinski definition) is 2. The Bertz CT molecular complexity index is 240. The number of nitrogens with zero attached hydrogens (tertiary/aromatic N) is 1. The van der Waals surface area contributed by atoms with Gasteiger partial charge in [-0.05, 0) is 58.4 Å². The molecule has 0 aromatic rings. The highest BCUT2D eigenvalue weighted by Gasteiger charge is 2.28. The van der Waals surface area contributed by atoms with E-state index in [1.807, 2.05) is 0 Å². The monoisotopic (exact) mass is 224 g/mol. The maximum atomic E-state index is 12.1. The molecule has 16 heavy (non-hydrogen) atoms. The van der Waals surface area contributed by atoms with Gasteiger partial charge >= 0.3 is 0 Å². The van der Waals surface area contributed by atoms with Crippen molar-refractivity contribution in [3.63, 3.8) is 0 Å². The minimum atomic E-state index is 0.292. The molecule has 1 N–H and O–H groups in total. The Morgan fingerprint density at radius 2 is 1.81 bits per heavy atom. The Kier molecular flexibility index (Phi) is 3.85. The van der Waals surface area contributed by atoms with E-state index in [1.165, 1.54) is 32.1 Å². The van der Waals surface area contributed by atoms with Crippen LogP contribution in [0.4, 0.5) is 0 Å². The first-order valence-corrected chi connectivity index (χ1v) is 6.70. The molecule has 3 heteroatoms. The Hall–Kier alpha value is -0.570. The van der Waals surface area contributed by atoms with E-state index in [9.17, 15) is 4.79 Å². The van der Waals surface area contributed by atoms with Gasteiger partial charge in [-0.1, -0.05) is 0 Å². The second kappa shape index (κ2) is 5.17. The van der Waals surface area contributed by atoms with Crippen molar-refractivity contribution < 1.29 is 4.79 Å². The van der Waals surface area contributed by atoms with Crippen molar-refractivity contribution in [3.05, 3.63) is 0 Å². The zero-order valence-electron chi connectivity index (χ0n) is 10.5.